The molecule has 0 amide bonds. The van der Waals surface area contributed by atoms with Gasteiger partial charge in [0.2, 0.25) is 0 Å². The first-order valence-corrected chi connectivity index (χ1v) is 4.89. The molecule has 0 aliphatic carbocycles. The molecule has 0 aliphatic heterocycles. The van der Waals surface area contributed by atoms with E-state index in [2.05, 4.69) is 9.97 Å². The molecule has 0 aromatic carbocycles. The van der Waals surface area contributed by atoms with Crippen molar-refractivity contribution in [1.82, 2.24) is 14.5 Å². The van der Waals surface area contributed by atoms with E-state index in [1.165, 1.54) is 12.1 Å². The molecule has 2 rings (SSSR count). The van der Waals surface area contributed by atoms with Gasteiger partial charge in [0, 0.05) is 36.3 Å². The van der Waals surface area contributed by atoms with Crippen molar-refractivity contribution in [2.24, 2.45) is 0 Å². The molecule has 0 unspecified atom stereocenters. The molecule has 0 atom stereocenters. The third-order valence-electron chi connectivity index (χ3n) is 2.10. The fourth-order valence-corrected chi connectivity index (χ4v) is 1.44. The van der Waals surface area contributed by atoms with Crippen LogP contribution < -0.4 is 11.2 Å². The minimum Gasteiger partial charge on any atom is -0.384 e. The van der Waals surface area contributed by atoms with Crippen molar-refractivity contribution in [3.05, 3.63) is 52.3 Å². The van der Waals surface area contributed by atoms with E-state index in [0.717, 1.165) is 5.69 Å². The first kappa shape index (κ1) is 10.4. The topological polar surface area (TPSA) is 73.8 Å². The van der Waals surface area contributed by atoms with Crippen molar-refractivity contribution in [3.63, 3.8) is 0 Å². The van der Waals surface area contributed by atoms with Gasteiger partial charge >= 0.3 is 0 Å². The van der Waals surface area contributed by atoms with E-state index in [0.29, 0.717) is 18.2 Å². The summed E-state index contributed by atoms with van der Waals surface area (Å²) < 4.78 is 1.83. The van der Waals surface area contributed by atoms with Gasteiger partial charge in [0.1, 0.15) is 5.82 Å². The van der Waals surface area contributed by atoms with Crippen LogP contribution in [0.4, 0.5) is 5.82 Å². The van der Waals surface area contributed by atoms with Gasteiger partial charge in [-0.1, -0.05) is 0 Å². The predicted molar refractivity (Wildman–Crippen MR) is 61.0 cm³/mol. The van der Waals surface area contributed by atoms with Gasteiger partial charge in [-0.05, 0) is 6.92 Å². The van der Waals surface area contributed by atoms with E-state index in [1.807, 2.05) is 11.5 Å². The standard InChI is InChI=1S/C11H12N4O/c1-8-6-10(12)14-11(13-8)7-15-4-2-9(16)3-5-15/h2-6H,7H2,1H3,(H2,12,13,14). The molecule has 5 heteroatoms. The van der Waals surface area contributed by atoms with Crippen molar-refractivity contribution in [1.29, 1.82) is 0 Å². The zero-order valence-electron chi connectivity index (χ0n) is 8.92. The van der Waals surface area contributed by atoms with Crippen molar-refractivity contribution in [3.8, 4) is 0 Å². The van der Waals surface area contributed by atoms with Crippen LogP contribution in [-0.4, -0.2) is 14.5 Å². The van der Waals surface area contributed by atoms with Gasteiger partial charge in [-0.2, -0.15) is 0 Å². The third kappa shape index (κ3) is 2.44. The number of aromatic nitrogens is 3. The highest BCUT2D eigenvalue weighted by molar-refractivity contribution is 5.29. The highest BCUT2D eigenvalue weighted by atomic mass is 16.1. The Labute approximate surface area is 92.6 Å². The lowest BCUT2D eigenvalue weighted by Gasteiger charge is -2.05. The van der Waals surface area contributed by atoms with Gasteiger partial charge in [-0.15, -0.1) is 0 Å². The summed E-state index contributed by atoms with van der Waals surface area (Å²) in [5, 5.41) is 0. The van der Waals surface area contributed by atoms with Gasteiger partial charge in [0.05, 0.1) is 6.54 Å². The zero-order chi connectivity index (χ0) is 11.5. The maximum atomic E-state index is 10.9. The number of anilines is 1. The number of hydrogen-bond acceptors (Lipinski definition) is 4. The maximum absolute atomic E-state index is 10.9. The summed E-state index contributed by atoms with van der Waals surface area (Å²) in [5.41, 5.74) is 6.45. The molecule has 16 heavy (non-hydrogen) atoms. The van der Waals surface area contributed by atoms with Crippen LogP contribution >= 0.6 is 0 Å². The Balaban J connectivity index is 2.26. The Hall–Kier alpha value is -2.17. The van der Waals surface area contributed by atoms with Crippen LogP contribution in [0.15, 0.2) is 35.4 Å². The second-order valence-electron chi connectivity index (χ2n) is 3.56. The number of aryl methyl sites for hydroxylation is 1. The van der Waals surface area contributed by atoms with Crippen LogP contribution in [0.25, 0.3) is 0 Å². The second kappa shape index (κ2) is 4.14. The first-order chi connectivity index (χ1) is 7.63. The van der Waals surface area contributed by atoms with Gasteiger partial charge < -0.3 is 10.3 Å². The highest BCUT2D eigenvalue weighted by Crippen LogP contribution is 2.03. The summed E-state index contributed by atoms with van der Waals surface area (Å²) in [6, 6.07) is 4.72. The SMILES string of the molecule is Cc1cc(N)nc(Cn2ccc(=O)cc2)n1. The molecule has 2 aromatic heterocycles. The second-order valence-corrected chi connectivity index (χ2v) is 3.56. The smallest absolute Gasteiger partial charge is 0.181 e. The molecule has 0 spiro atoms. The fourth-order valence-electron chi connectivity index (χ4n) is 1.44. The van der Waals surface area contributed by atoms with Crippen LogP contribution in [-0.2, 0) is 6.54 Å². The van der Waals surface area contributed by atoms with Gasteiger partial charge in [0.25, 0.3) is 0 Å². The summed E-state index contributed by atoms with van der Waals surface area (Å²) in [5.74, 6) is 1.10. The first-order valence-electron chi connectivity index (χ1n) is 4.89. The van der Waals surface area contributed by atoms with Crippen molar-refractivity contribution in [2.45, 2.75) is 13.5 Å². The summed E-state index contributed by atoms with van der Waals surface area (Å²) in [4.78, 5) is 19.3. The molecule has 82 valence electrons. The summed E-state index contributed by atoms with van der Waals surface area (Å²) in [6.45, 7) is 2.37. The molecule has 2 heterocycles. The molecule has 0 bridgehead atoms. The fraction of sp³-hybridized carbons (Fsp3) is 0.182. The molecule has 0 saturated heterocycles. The molecule has 5 nitrogen and oxygen atoms in total. The Morgan fingerprint density at radius 1 is 1.31 bits per heavy atom. The number of nitrogen functional groups attached to an aromatic ring is 1. The van der Waals surface area contributed by atoms with Crippen LogP contribution in [0.3, 0.4) is 0 Å². The minimum absolute atomic E-state index is 0.0130. The lowest BCUT2D eigenvalue weighted by Crippen LogP contribution is -2.09. The van der Waals surface area contributed by atoms with Crippen LogP contribution in [0, 0.1) is 6.92 Å². The van der Waals surface area contributed by atoms with Gasteiger partial charge in [-0.3, -0.25) is 4.79 Å². The quantitative estimate of drug-likeness (QED) is 0.796. The third-order valence-corrected chi connectivity index (χ3v) is 2.10. The number of nitrogens with zero attached hydrogens (tertiary/aromatic N) is 3. The van der Waals surface area contributed by atoms with Gasteiger partial charge in [0.15, 0.2) is 11.3 Å². The Bertz CT molecular complexity index is 521. The molecule has 0 radical (unpaired) electrons. The van der Waals surface area contributed by atoms with Crippen molar-refractivity contribution >= 4 is 5.82 Å². The number of pyridine rings is 1. The van der Waals surface area contributed by atoms with Crippen LogP contribution in [0.5, 0.6) is 0 Å². The average Bonchev–Trinajstić information content (AvgIpc) is 2.20. The molecule has 0 aliphatic rings. The normalized spacial score (nSPS) is 10.3. The van der Waals surface area contributed by atoms with E-state index in [4.69, 9.17) is 5.73 Å². The molecule has 0 saturated carbocycles. The minimum atomic E-state index is -0.0130. The molecular weight excluding hydrogens is 204 g/mol. The van der Waals surface area contributed by atoms with Crippen molar-refractivity contribution < 1.29 is 0 Å². The molecule has 2 aromatic rings. The number of nitrogens with two attached hydrogens (primary N) is 1. The lowest BCUT2D eigenvalue weighted by atomic mass is 10.4. The van der Waals surface area contributed by atoms with E-state index < -0.39 is 0 Å². The highest BCUT2D eigenvalue weighted by Gasteiger charge is 2.00. The summed E-state index contributed by atoms with van der Waals surface area (Å²) in [7, 11) is 0. The molecule has 0 fully saturated rings. The number of rotatable bonds is 2. The Morgan fingerprint density at radius 3 is 2.62 bits per heavy atom. The van der Waals surface area contributed by atoms with Crippen LogP contribution in [0.1, 0.15) is 11.5 Å². The van der Waals surface area contributed by atoms with E-state index in [-0.39, 0.29) is 5.43 Å². The Morgan fingerprint density at radius 2 is 2.00 bits per heavy atom. The lowest BCUT2D eigenvalue weighted by molar-refractivity contribution is 0.734. The molecule has 2 N–H and O–H groups in total. The number of hydrogen-bond donors (Lipinski definition) is 1. The predicted octanol–water partition coefficient (Wildman–Crippen LogP) is 0.577. The largest absolute Gasteiger partial charge is 0.384 e. The maximum Gasteiger partial charge on any atom is 0.181 e. The summed E-state index contributed by atoms with van der Waals surface area (Å²) in [6.07, 6.45) is 3.40. The van der Waals surface area contributed by atoms with E-state index in [1.54, 1.807) is 18.5 Å². The zero-order valence-corrected chi connectivity index (χ0v) is 8.92. The van der Waals surface area contributed by atoms with Crippen molar-refractivity contribution in [2.75, 3.05) is 5.73 Å². The van der Waals surface area contributed by atoms with E-state index >= 15 is 0 Å². The van der Waals surface area contributed by atoms with Gasteiger partial charge in [-0.25, -0.2) is 9.97 Å². The monoisotopic (exact) mass is 216 g/mol. The van der Waals surface area contributed by atoms with E-state index in [9.17, 15) is 4.79 Å². The summed E-state index contributed by atoms with van der Waals surface area (Å²) >= 11 is 0. The van der Waals surface area contributed by atoms with Crippen LogP contribution in [0.2, 0.25) is 0 Å². The Kier molecular flexibility index (Phi) is 2.68. The molecular formula is C11H12N4O. The average molecular weight is 216 g/mol.